The molecule has 1 rings (SSSR count). The zero-order chi connectivity index (χ0) is 14.1. The summed E-state index contributed by atoms with van der Waals surface area (Å²) in [6.45, 7) is 5.27. The second kappa shape index (κ2) is 8.92. The molecule has 19 heavy (non-hydrogen) atoms. The van der Waals surface area contributed by atoms with Gasteiger partial charge in [-0.1, -0.05) is 38.7 Å². The minimum atomic E-state index is -0.295. The van der Waals surface area contributed by atoms with Crippen LogP contribution < -0.4 is 10.1 Å². The summed E-state index contributed by atoms with van der Waals surface area (Å²) in [5, 5.41) is 3.43. The standard InChI is InChI=1S/C16H26FNO/c1-4-5-6-7-8-11-18-13(2)14-9-10-16(19-3)15(17)12-14/h9-10,12-13,18H,4-8,11H2,1-3H3. The van der Waals surface area contributed by atoms with Gasteiger partial charge in [0.1, 0.15) is 0 Å². The minimum Gasteiger partial charge on any atom is -0.494 e. The fourth-order valence-corrected chi connectivity index (χ4v) is 2.12. The van der Waals surface area contributed by atoms with Crippen LogP contribution in [0.1, 0.15) is 57.6 Å². The normalized spacial score (nSPS) is 12.4. The van der Waals surface area contributed by atoms with E-state index in [2.05, 4.69) is 19.2 Å². The van der Waals surface area contributed by atoms with Gasteiger partial charge in [0.15, 0.2) is 11.6 Å². The molecule has 1 aromatic carbocycles. The average Bonchev–Trinajstić information content (AvgIpc) is 2.42. The first-order valence-electron chi connectivity index (χ1n) is 7.25. The minimum absolute atomic E-state index is 0.173. The molecule has 1 N–H and O–H groups in total. The number of benzene rings is 1. The molecule has 3 heteroatoms. The Kier molecular flexibility index (Phi) is 7.49. The van der Waals surface area contributed by atoms with Gasteiger partial charge in [-0.2, -0.15) is 0 Å². The van der Waals surface area contributed by atoms with Crippen molar-refractivity contribution in [2.75, 3.05) is 13.7 Å². The highest BCUT2D eigenvalue weighted by atomic mass is 19.1. The SMILES string of the molecule is CCCCCCCNC(C)c1ccc(OC)c(F)c1. The van der Waals surface area contributed by atoms with Gasteiger partial charge in [-0.15, -0.1) is 0 Å². The Labute approximate surface area is 116 Å². The van der Waals surface area contributed by atoms with Crippen molar-refractivity contribution in [3.63, 3.8) is 0 Å². The Balaban J connectivity index is 2.33. The molecule has 0 saturated carbocycles. The van der Waals surface area contributed by atoms with Gasteiger partial charge in [0.25, 0.3) is 0 Å². The Bertz CT molecular complexity index is 368. The summed E-state index contributed by atoms with van der Waals surface area (Å²) in [4.78, 5) is 0. The number of nitrogens with one attached hydrogen (secondary N) is 1. The fraction of sp³-hybridized carbons (Fsp3) is 0.625. The molecule has 0 aliphatic rings. The zero-order valence-electron chi connectivity index (χ0n) is 12.3. The van der Waals surface area contributed by atoms with E-state index in [0.717, 1.165) is 12.1 Å². The van der Waals surface area contributed by atoms with Crippen LogP contribution in [0.5, 0.6) is 5.75 Å². The summed E-state index contributed by atoms with van der Waals surface area (Å²) in [6.07, 6.45) is 6.35. The molecule has 108 valence electrons. The average molecular weight is 267 g/mol. The molecule has 1 aromatic rings. The molecule has 0 aliphatic carbocycles. The van der Waals surface area contributed by atoms with E-state index in [-0.39, 0.29) is 11.9 Å². The summed E-state index contributed by atoms with van der Waals surface area (Å²) < 4.78 is 18.5. The molecule has 0 aliphatic heterocycles. The van der Waals surface area contributed by atoms with E-state index < -0.39 is 0 Å². The van der Waals surface area contributed by atoms with Crippen LogP contribution in [0.2, 0.25) is 0 Å². The van der Waals surface area contributed by atoms with E-state index in [1.54, 1.807) is 12.1 Å². The highest BCUT2D eigenvalue weighted by molar-refractivity contribution is 5.30. The quantitative estimate of drug-likeness (QED) is 0.667. The largest absolute Gasteiger partial charge is 0.494 e. The maximum absolute atomic E-state index is 13.6. The van der Waals surface area contributed by atoms with Gasteiger partial charge in [0.05, 0.1) is 7.11 Å². The highest BCUT2D eigenvalue weighted by Gasteiger charge is 2.08. The Hall–Kier alpha value is -1.09. The molecule has 0 radical (unpaired) electrons. The lowest BCUT2D eigenvalue weighted by Crippen LogP contribution is -2.20. The van der Waals surface area contributed by atoms with Crippen LogP contribution in [0.4, 0.5) is 4.39 Å². The van der Waals surface area contributed by atoms with Gasteiger partial charge in [-0.3, -0.25) is 0 Å². The van der Waals surface area contributed by atoms with Crippen molar-refractivity contribution < 1.29 is 9.13 Å². The van der Waals surface area contributed by atoms with Crippen LogP contribution >= 0.6 is 0 Å². The topological polar surface area (TPSA) is 21.3 Å². The summed E-state index contributed by atoms with van der Waals surface area (Å²) in [5.41, 5.74) is 0.965. The lowest BCUT2D eigenvalue weighted by atomic mass is 10.1. The molecule has 0 fully saturated rings. The predicted octanol–water partition coefficient (Wildman–Crippen LogP) is 4.46. The first-order chi connectivity index (χ1) is 9.19. The second-order valence-electron chi connectivity index (χ2n) is 4.98. The number of rotatable bonds is 9. The number of methoxy groups -OCH3 is 1. The number of unbranched alkanes of at least 4 members (excludes halogenated alkanes) is 4. The van der Waals surface area contributed by atoms with Gasteiger partial charge < -0.3 is 10.1 Å². The number of hydrogen-bond donors (Lipinski definition) is 1. The Morgan fingerprint density at radius 3 is 2.58 bits per heavy atom. The van der Waals surface area contributed by atoms with Crippen LogP contribution in [0.25, 0.3) is 0 Å². The first kappa shape index (κ1) is 16.0. The smallest absolute Gasteiger partial charge is 0.165 e. The van der Waals surface area contributed by atoms with Crippen molar-refractivity contribution in [2.24, 2.45) is 0 Å². The molecule has 0 amide bonds. The first-order valence-corrected chi connectivity index (χ1v) is 7.25. The van der Waals surface area contributed by atoms with E-state index in [4.69, 9.17) is 4.74 Å². The maximum atomic E-state index is 13.6. The van der Waals surface area contributed by atoms with Crippen LogP contribution in [-0.4, -0.2) is 13.7 Å². The lowest BCUT2D eigenvalue weighted by Gasteiger charge is -2.15. The maximum Gasteiger partial charge on any atom is 0.165 e. The molecular formula is C16H26FNO. The summed E-state index contributed by atoms with van der Waals surface area (Å²) in [5.74, 6) is 0.00658. The molecule has 0 saturated heterocycles. The third-order valence-corrected chi connectivity index (χ3v) is 3.41. The zero-order valence-corrected chi connectivity index (χ0v) is 12.3. The third-order valence-electron chi connectivity index (χ3n) is 3.41. The van der Waals surface area contributed by atoms with Gasteiger partial charge in [-0.05, 0) is 37.6 Å². The molecule has 0 aromatic heterocycles. The van der Waals surface area contributed by atoms with Crippen molar-refractivity contribution in [3.05, 3.63) is 29.6 Å². The number of halogens is 1. The third kappa shape index (κ3) is 5.60. The van der Waals surface area contributed by atoms with Crippen LogP contribution in [0.15, 0.2) is 18.2 Å². The van der Waals surface area contributed by atoms with Gasteiger partial charge in [0.2, 0.25) is 0 Å². The fourth-order valence-electron chi connectivity index (χ4n) is 2.12. The molecule has 2 nitrogen and oxygen atoms in total. The van der Waals surface area contributed by atoms with E-state index >= 15 is 0 Å². The Morgan fingerprint density at radius 1 is 1.21 bits per heavy atom. The van der Waals surface area contributed by atoms with Gasteiger partial charge >= 0.3 is 0 Å². The van der Waals surface area contributed by atoms with Crippen LogP contribution in [-0.2, 0) is 0 Å². The van der Waals surface area contributed by atoms with Gasteiger partial charge in [-0.25, -0.2) is 4.39 Å². The van der Waals surface area contributed by atoms with Crippen LogP contribution in [0.3, 0.4) is 0 Å². The summed E-state index contributed by atoms with van der Waals surface area (Å²) >= 11 is 0. The highest BCUT2D eigenvalue weighted by Crippen LogP contribution is 2.21. The molecular weight excluding hydrogens is 241 g/mol. The number of hydrogen-bond acceptors (Lipinski definition) is 2. The van der Waals surface area contributed by atoms with Gasteiger partial charge in [0, 0.05) is 6.04 Å². The van der Waals surface area contributed by atoms with E-state index in [0.29, 0.717) is 5.75 Å². The second-order valence-corrected chi connectivity index (χ2v) is 4.98. The molecule has 0 bridgehead atoms. The summed E-state index contributed by atoms with van der Waals surface area (Å²) in [7, 11) is 1.48. The van der Waals surface area contributed by atoms with E-state index in [1.165, 1.54) is 39.2 Å². The van der Waals surface area contributed by atoms with E-state index in [9.17, 15) is 4.39 Å². The Morgan fingerprint density at radius 2 is 1.95 bits per heavy atom. The van der Waals surface area contributed by atoms with E-state index in [1.807, 2.05) is 6.07 Å². The predicted molar refractivity (Wildman–Crippen MR) is 78.1 cm³/mol. The molecule has 0 heterocycles. The van der Waals surface area contributed by atoms with Crippen molar-refractivity contribution in [1.29, 1.82) is 0 Å². The van der Waals surface area contributed by atoms with Crippen molar-refractivity contribution in [1.82, 2.24) is 5.32 Å². The number of ether oxygens (including phenoxy) is 1. The van der Waals surface area contributed by atoms with Crippen molar-refractivity contribution >= 4 is 0 Å². The molecule has 1 unspecified atom stereocenters. The van der Waals surface area contributed by atoms with Crippen LogP contribution in [0, 0.1) is 5.82 Å². The summed E-state index contributed by atoms with van der Waals surface area (Å²) in [6, 6.07) is 5.32. The van der Waals surface area contributed by atoms with Crippen molar-refractivity contribution in [3.8, 4) is 5.75 Å². The molecule has 1 atom stereocenters. The lowest BCUT2D eigenvalue weighted by molar-refractivity contribution is 0.385. The van der Waals surface area contributed by atoms with Crippen molar-refractivity contribution in [2.45, 2.75) is 52.0 Å². The molecule has 0 spiro atoms. The monoisotopic (exact) mass is 267 g/mol.